The molecule has 140 valence electrons. The first-order valence-electron chi connectivity index (χ1n) is 8.59. The van der Waals surface area contributed by atoms with E-state index in [1.54, 1.807) is 12.1 Å². The number of hydrogen-bond acceptors (Lipinski definition) is 4. The van der Waals surface area contributed by atoms with E-state index < -0.39 is 11.9 Å². The molecule has 4 nitrogen and oxygen atoms in total. The van der Waals surface area contributed by atoms with Gasteiger partial charge in [0.25, 0.3) is 0 Å². The molecule has 0 aliphatic carbocycles. The van der Waals surface area contributed by atoms with Gasteiger partial charge in [0.15, 0.2) is 0 Å². The van der Waals surface area contributed by atoms with E-state index in [2.05, 4.69) is 27.0 Å². The molecule has 0 atom stereocenters. The molecule has 0 bridgehead atoms. The van der Waals surface area contributed by atoms with Crippen LogP contribution in [-0.2, 0) is 15.0 Å². The molecule has 2 aromatic carbocycles. The minimum atomic E-state index is -0.484. The molecule has 0 radical (unpaired) electrons. The van der Waals surface area contributed by atoms with E-state index in [1.807, 2.05) is 38.1 Å². The number of esters is 2. The maximum absolute atomic E-state index is 11.4. The Morgan fingerprint density at radius 3 is 1.48 bits per heavy atom. The van der Waals surface area contributed by atoms with Crippen LogP contribution in [0.2, 0.25) is 0 Å². The summed E-state index contributed by atoms with van der Waals surface area (Å²) in [6.07, 6.45) is 2.27. The molecular formula is C23H24O4. The summed E-state index contributed by atoms with van der Waals surface area (Å²) in [7, 11) is 0. The Hall–Kier alpha value is -3.14. The average Bonchev–Trinajstić information content (AvgIpc) is 2.61. The smallest absolute Gasteiger partial charge is 0.335 e. The summed E-state index contributed by atoms with van der Waals surface area (Å²) in [6.45, 7) is 15.0. The molecule has 0 aromatic heterocycles. The molecule has 4 heteroatoms. The minimum Gasteiger partial charge on any atom is -0.423 e. The second-order valence-electron chi connectivity index (χ2n) is 6.83. The molecule has 0 aliphatic heterocycles. The zero-order valence-electron chi connectivity index (χ0n) is 16.2. The number of carbonyl (C=O) groups is 2. The zero-order valence-corrected chi connectivity index (χ0v) is 16.2. The Bertz CT molecular complexity index is 833. The summed E-state index contributed by atoms with van der Waals surface area (Å²) in [4.78, 5) is 22.8. The van der Waals surface area contributed by atoms with E-state index in [0.717, 1.165) is 34.4 Å². The van der Waals surface area contributed by atoms with E-state index in [1.165, 1.54) is 0 Å². The molecule has 0 fully saturated rings. The molecule has 0 aliphatic rings. The van der Waals surface area contributed by atoms with Crippen LogP contribution in [0.1, 0.15) is 36.1 Å². The number of benzene rings is 2. The normalized spacial score (nSPS) is 10.8. The molecule has 27 heavy (non-hydrogen) atoms. The first-order valence-corrected chi connectivity index (χ1v) is 8.59. The predicted molar refractivity (Wildman–Crippen MR) is 106 cm³/mol. The van der Waals surface area contributed by atoms with Gasteiger partial charge < -0.3 is 9.47 Å². The van der Waals surface area contributed by atoms with Crippen molar-refractivity contribution in [3.8, 4) is 11.5 Å². The standard InChI is InChI=1S/C23H24O4/c1-7-21(24)26-17-9-11-19(15(3)13-17)23(5,6)20-12-10-18(14-16(20)4)27-22(25)8-2/h7-14H,1-2H2,3-6H3. The van der Waals surface area contributed by atoms with Crippen LogP contribution in [0.25, 0.3) is 0 Å². The van der Waals surface area contributed by atoms with Crippen molar-refractivity contribution in [1.29, 1.82) is 0 Å². The summed E-state index contributed by atoms with van der Waals surface area (Å²) in [6, 6.07) is 11.2. The number of rotatable bonds is 6. The van der Waals surface area contributed by atoms with Crippen molar-refractivity contribution < 1.29 is 19.1 Å². The largest absolute Gasteiger partial charge is 0.423 e. The summed E-state index contributed by atoms with van der Waals surface area (Å²) < 4.78 is 10.4. The van der Waals surface area contributed by atoms with Gasteiger partial charge in [0.1, 0.15) is 11.5 Å². The van der Waals surface area contributed by atoms with Crippen molar-refractivity contribution in [3.63, 3.8) is 0 Å². The third-order valence-electron chi connectivity index (χ3n) is 4.51. The van der Waals surface area contributed by atoms with Crippen LogP contribution >= 0.6 is 0 Å². The summed E-state index contributed by atoms with van der Waals surface area (Å²) in [5.74, 6) is 0.00421. The molecular weight excluding hydrogens is 340 g/mol. The van der Waals surface area contributed by atoms with E-state index in [-0.39, 0.29) is 5.41 Å². The lowest BCUT2D eigenvalue weighted by atomic mass is 9.74. The van der Waals surface area contributed by atoms with Crippen LogP contribution in [0, 0.1) is 13.8 Å². The minimum absolute atomic E-state index is 0.296. The Morgan fingerprint density at radius 1 is 0.815 bits per heavy atom. The SMILES string of the molecule is C=CC(=O)Oc1ccc(C(C)(C)c2ccc(OC(=O)C=C)cc2C)c(C)c1. The molecule has 0 saturated carbocycles. The fraction of sp³-hybridized carbons (Fsp3) is 0.217. The zero-order chi connectivity index (χ0) is 20.2. The summed E-state index contributed by atoms with van der Waals surface area (Å²) >= 11 is 0. The van der Waals surface area contributed by atoms with Crippen molar-refractivity contribution >= 4 is 11.9 Å². The van der Waals surface area contributed by atoms with Crippen molar-refractivity contribution in [3.05, 3.63) is 84.0 Å². The van der Waals surface area contributed by atoms with Gasteiger partial charge in [-0.2, -0.15) is 0 Å². The Balaban J connectivity index is 2.37. The molecule has 0 amide bonds. The van der Waals surface area contributed by atoms with Crippen molar-refractivity contribution in [1.82, 2.24) is 0 Å². The molecule has 0 unspecified atom stereocenters. The maximum Gasteiger partial charge on any atom is 0.335 e. The number of aryl methyl sites for hydroxylation is 2. The van der Waals surface area contributed by atoms with E-state index in [9.17, 15) is 9.59 Å². The molecule has 0 heterocycles. The van der Waals surface area contributed by atoms with E-state index in [4.69, 9.17) is 9.47 Å². The van der Waals surface area contributed by atoms with Crippen LogP contribution in [0.5, 0.6) is 11.5 Å². The topological polar surface area (TPSA) is 52.6 Å². The molecule has 2 aromatic rings. The lowest BCUT2D eigenvalue weighted by Crippen LogP contribution is -2.22. The third-order valence-corrected chi connectivity index (χ3v) is 4.51. The Morgan fingerprint density at radius 2 is 1.19 bits per heavy atom. The van der Waals surface area contributed by atoms with Gasteiger partial charge in [-0.1, -0.05) is 39.1 Å². The highest BCUT2D eigenvalue weighted by Gasteiger charge is 2.27. The number of ether oxygens (including phenoxy) is 2. The second-order valence-corrected chi connectivity index (χ2v) is 6.83. The van der Waals surface area contributed by atoms with E-state index >= 15 is 0 Å². The monoisotopic (exact) mass is 364 g/mol. The highest BCUT2D eigenvalue weighted by Crippen LogP contribution is 2.37. The highest BCUT2D eigenvalue weighted by molar-refractivity contribution is 5.83. The number of carbonyl (C=O) groups excluding carboxylic acids is 2. The van der Waals surface area contributed by atoms with Gasteiger partial charge >= 0.3 is 11.9 Å². The fourth-order valence-electron chi connectivity index (χ4n) is 3.26. The first-order chi connectivity index (χ1) is 12.7. The van der Waals surface area contributed by atoms with Crippen LogP contribution in [0.15, 0.2) is 61.7 Å². The highest BCUT2D eigenvalue weighted by atomic mass is 16.5. The van der Waals surface area contributed by atoms with Crippen LogP contribution < -0.4 is 9.47 Å². The van der Waals surface area contributed by atoms with Gasteiger partial charge in [-0.15, -0.1) is 0 Å². The van der Waals surface area contributed by atoms with Crippen molar-refractivity contribution in [2.75, 3.05) is 0 Å². The lowest BCUT2D eigenvalue weighted by molar-refractivity contribution is -0.129. The van der Waals surface area contributed by atoms with Gasteiger partial charge in [0.2, 0.25) is 0 Å². The van der Waals surface area contributed by atoms with Crippen LogP contribution in [-0.4, -0.2) is 11.9 Å². The second kappa shape index (κ2) is 8.04. The summed E-state index contributed by atoms with van der Waals surface area (Å²) in [5.41, 5.74) is 3.95. The van der Waals surface area contributed by atoms with E-state index in [0.29, 0.717) is 11.5 Å². The van der Waals surface area contributed by atoms with Crippen LogP contribution in [0.3, 0.4) is 0 Å². The van der Waals surface area contributed by atoms with Gasteiger partial charge in [0.05, 0.1) is 0 Å². The van der Waals surface area contributed by atoms with Gasteiger partial charge in [-0.3, -0.25) is 0 Å². The molecule has 0 saturated heterocycles. The maximum atomic E-state index is 11.4. The van der Waals surface area contributed by atoms with Crippen molar-refractivity contribution in [2.24, 2.45) is 0 Å². The average molecular weight is 364 g/mol. The Kier molecular flexibility index (Phi) is 6.01. The molecule has 0 N–H and O–H groups in total. The molecule has 2 rings (SSSR count). The predicted octanol–water partition coefficient (Wildman–Crippen LogP) is 4.81. The van der Waals surface area contributed by atoms with Gasteiger partial charge in [-0.05, 0) is 60.4 Å². The summed E-state index contributed by atoms with van der Waals surface area (Å²) in [5, 5.41) is 0. The Labute approximate surface area is 160 Å². The van der Waals surface area contributed by atoms with Gasteiger partial charge in [0, 0.05) is 17.6 Å². The fourth-order valence-corrected chi connectivity index (χ4v) is 3.26. The third kappa shape index (κ3) is 4.53. The van der Waals surface area contributed by atoms with Crippen LogP contribution in [0.4, 0.5) is 0 Å². The molecule has 0 spiro atoms. The first kappa shape index (κ1) is 20.2. The van der Waals surface area contributed by atoms with Crippen molar-refractivity contribution in [2.45, 2.75) is 33.1 Å². The quantitative estimate of drug-likeness (QED) is 0.419. The lowest BCUT2D eigenvalue weighted by Gasteiger charge is -2.30. The van der Waals surface area contributed by atoms with Gasteiger partial charge in [-0.25, -0.2) is 9.59 Å². The number of hydrogen-bond donors (Lipinski definition) is 0.